The fourth-order valence-corrected chi connectivity index (χ4v) is 4.64. The molecule has 0 aliphatic rings. The van der Waals surface area contributed by atoms with Gasteiger partial charge >= 0.3 is 0 Å². The molecule has 0 aliphatic heterocycles. The molecule has 0 aromatic heterocycles. The highest BCUT2D eigenvalue weighted by Crippen LogP contribution is 2.58. The quantitative estimate of drug-likeness (QED) is 0.793. The van der Waals surface area contributed by atoms with Crippen LogP contribution >= 0.6 is 30.6 Å². The zero-order chi connectivity index (χ0) is 17.2. The molecule has 0 radical (unpaired) electrons. The lowest BCUT2D eigenvalue weighted by atomic mass is 10.2. The van der Waals surface area contributed by atoms with Gasteiger partial charge in [0.15, 0.2) is 5.85 Å². The van der Waals surface area contributed by atoms with Crippen molar-refractivity contribution in [2.24, 2.45) is 0 Å². The Morgan fingerprint density at radius 2 is 1.74 bits per heavy atom. The van der Waals surface area contributed by atoms with E-state index in [2.05, 4.69) is 0 Å². The summed E-state index contributed by atoms with van der Waals surface area (Å²) in [6, 6.07) is 11.6. The van der Waals surface area contributed by atoms with E-state index in [-0.39, 0.29) is 5.02 Å². The third kappa shape index (κ3) is 3.73. The summed E-state index contributed by atoms with van der Waals surface area (Å²) in [5.41, 5.74) is 1.27. The molecule has 0 saturated carbocycles. The Hall–Kier alpha value is -1.03. The molecule has 2 rings (SSSR count). The molecule has 0 bridgehead atoms. The smallest absolute Gasteiger partial charge is 0.263 e. The molecule has 2 aromatic carbocycles. The number of aliphatic hydroxyl groups excluding tert-OH is 1. The molecule has 23 heavy (non-hydrogen) atoms. The number of halogens is 2. The van der Waals surface area contributed by atoms with Gasteiger partial charge in [0.25, 0.3) is 7.37 Å². The minimum atomic E-state index is -3.55. The molecular formula is C16H18Cl2NO3P. The summed E-state index contributed by atoms with van der Waals surface area (Å²) in [5, 5.41) is 11.7. The Morgan fingerprint density at radius 1 is 1.13 bits per heavy atom. The average Bonchev–Trinajstić information content (AvgIpc) is 2.53. The molecule has 7 heteroatoms. The van der Waals surface area contributed by atoms with Crippen LogP contribution in [0.25, 0.3) is 0 Å². The number of hydrogen-bond donors (Lipinski definition) is 1. The molecule has 0 heterocycles. The van der Waals surface area contributed by atoms with Crippen LogP contribution in [0.1, 0.15) is 11.4 Å². The lowest BCUT2D eigenvalue weighted by molar-refractivity contribution is 0.229. The summed E-state index contributed by atoms with van der Waals surface area (Å²) in [6.07, 6.45) is 0. The van der Waals surface area contributed by atoms with Crippen LogP contribution in [0.3, 0.4) is 0 Å². The van der Waals surface area contributed by atoms with Gasteiger partial charge in [0, 0.05) is 47.8 Å². The van der Waals surface area contributed by atoms with Crippen LogP contribution in [0.15, 0.2) is 42.5 Å². The van der Waals surface area contributed by atoms with E-state index in [4.69, 9.17) is 27.7 Å². The largest absolute Gasteiger partial charge is 0.378 e. The number of aliphatic hydroxyl groups is 1. The zero-order valence-electron chi connectivity index (χ0n) is 13.0. The van der Waals surface area contributed by atoms with E-state index in [1.54, 1.807) is 24.3 Å². The Bertz CT molecular complexity index is 735. The fourth-order valence-electron chi connectivity index (χ4n) is 2.20. The van der Waals surface area contributed by atoms with E-state index in [1.807, 2.05) is 31.1 Å². The molecule has 0 unspecified atom stereocenters. The number of rotatable bonds is 5. The van der Waals surface area contributed by atoms with Gasteiger partial charge < -0.3 is 14.5 Å². The second-order valence-electron chi connectivity index (χ2n) is 5.23. The van der Waals surface area contributed by atoms with Crippen LogP contribution in [0.2, 0.25) is 10.0 Å². The maximum Gasteiger partial charge on any atom is 0.263 e. The van der Waals surface area contributed by atoms with Crippen molar-refractivity contribution in [1.82, 2.24) is 0 Å². The molecule has 0 fully saturated rings. The van der Waals surface area contributed by atoms with Crippen molar-refractivity contribution >= 4 is 41.6 Å². The number of benzene rings is 2. The molecule has 0 saturated heterocycles. The third-order valence-electron chi connectivity index (χ3n) is 3.56. The highest BCUT2D eigenvalue weighted by Gasteiger charge is 2.36. The zero-order valence-corrected chi connectivity index (χ0v) is 15.4. The van der Waals surface area contributed by atoms with Gasteiger partial charge in [-0.15, -0.1) is 0 Å². The fraction of sp³-hybridized carbons (Fsp3) is 0.250. The highest BCUT2D eigenvalue weighted by molar-refractivity contribution is 7.67. The molecular weight excluding hydrogens is 356 g/mol. The standard InChI is InChI=1S/C16H18Cl2NO3P/c1-19(2)12-5-7-13(8-6-12)23(21,22-3)16(20)14-9-4-11(17)10-15(14)18/h4-10,16,20H,1-3H3/t16-,23+/m1/s1. The Kier molecular flexibility index (Phi) is 5.77. The Balaban J connectivity index is 2.44. The van der Waals surface area contributed by atoms with Gasteiger partial charge in [-0.2, -0.15) is 0 Å². The monoisotopic (exact) mass is 373 g/mol. The van der Waals surface area contributed by atoms with Gasteiger partial charge in [0.05, 0.1) is 0 Å². The van der Waals surface area contributed by atoms with E-state index >= 15 is 0 Å². The molecule has 0 spiro atoms. The van der Waals surface area contributed by atoms with E-state index in [0.29, 0.717) is 15.9 Å². The van der Waals surface area contributed by atoms with Gasteiger partial charge in [-0.25, -0.2) is 0 Å². The van der Waals surface area contributed by atoms with Gasteiger partial charge in [-0.3, -0.25) is 4.57 Å². The molecule has 0 aliphatic carbocycles. The molecule has 124 valence electrons. The normalized spacial score (nSPS) is 15.0. The molecule has 0 amide bonds. The molecule has 1 N–H and O–H groups in total. The van der Waals surface area contributed by atoms with E-state index in [9.17, 15) is 9.67 Å². The minimum Gasteiger partial charge on any atom is -0.378 e. The summed E-state index contributed by atoms with van der Waals surface area (Å²) in [7, 11) is 1.58. The van der Waals surface area contributed by atoms with Crippen molar-refractivity contribution in [1.29, 1.82) is 0 Å². The summed E-state index contributed by atoms with van der Waals surface area (Å²) < 4.78 is 18.5. The topological polar surface area (TPSA) is 49.8 Å². The molecule has 4 nitrogen and oxygen atoms in total. The Labute approximate surface area is 146 Å². The van der Waals surface area contributed by atoms with Crippen LogP contribution in [0.5, 0.6) is 0 Å². The van der Waals surface area contributed by atoms with Crippen molar-refractivity contribution in [3.8, 4) is 0 Å². The van der Waals surface area contributed by atoms with E-state index < -0.39 is 13.2 Å². The van der Waals surface area contributed by atoms with Crippen molar-refractivity contribution in [2.45, 2.75) is 5.85 Å². The highest BCUT2D eigenvalue weighted by atomic mass is 35.5. The third-order valence-corrected chi connectivity index (χ3v) is 6.60. The SMILES string of the molecule is CO[P@@](=O)(c1ccc(N(C)C)cc1)[C@@H](O)c1ccc(Cl)cc1Cl. The summed E-state index contributed by atoms with van der Waals surface area (Å²) in [5.74, 6) is -1.37. The first kappa shape index (κ1) is 18.3. The molecule has 2 aromatic rings. The van der Waals surface area contributed by atoms with Crippen molar-refractivity contribution < 1.29 is 14.2 Å². The van der Waals surface area contributed by atoms with Crippen LogP contribution < -0.4 is 10.2 Å². The number of hydrogen-bond acceptors (Lipinski definition) is 4. The van der Waals surface area contributed by atoms with Crippen molar-refractivity contribution in [3.63, 3.8) is 0 Å². The van der Waals surface area contributed by atoms with E-state index in [1.165, 1.54) is 13.2 Å². The summed E-state index contributed by atoms with van der Waals surface area (Å²) >= 11 is 12.0. The van der Waals surface area contributed by atoms with E-state index in [0.717, 1.165) is 5.69 Å². The molecule has 2 atom stereocenters. The van der Waals surface area contributed by atoms with Crippen LogP contribution in [0, 0.1) is 0 Å². The maximum absolute atomic E-state index is 13.2. The maximum atomic E-state index is 13.2. The van der Waals surface area contributed by atoms with Gasteiger partial charge in [0.1, 0.15) is 0 Å². The van der Waals surface area contributed by atoms with Gasteiger partial charge in [-0.1, -0.05) is 29.3 Å². The van der Waals surface area contributed by atoms with Gasteiger partial charge in [-0.05, 0) is 36.4 Å². The first-order valence-corrected chi connectivity index (χ1v) is 9.31. The second-order valence-corrected chi connectivity index (χ2v) is 8.64. The first-order chi connectivity index (χ1) is 10.8. The van der Waals surface area contributed by atoms with Crippen LogP contribution in [-0.4, -0.2) is 26.3 Å². The van der Waals surface area contributed by atoms with Crippen LogP contribution in [0.4, 0.5) is 5.69 Å². The first-order valence-electron chi connectivity index (χ1n) is 6.86. The second kappa shape index (κ2) is 7.25. The van der Waals surface area contributed by atoms with Crippen molar-refractivity contribution in [3.05, 3.63) is 58.1 Å². The predicted molar refractivity (Wildman–Crippen MR) is 96.4 cm³/mol. The van der Waals surface area contributed by atoms with Gasteiger partial charge in [0.2, 0.25) is 0 Å². The minimum absolute atomic E-state index is 0.243. The van der Waals surface area contributed by atoms with Crippen molar-refractivity contribution in [2.75, 3.05) is 26.1 Å². The summed E-state index contributed by atoms with van der Waals surface area (Å²) in [4.78, 5) is 1.92. The predicted octanol–water partition coefficient (Wildman–Crippen LogP) is 4.30. The average molecular weight is 374 g/mol. The number of nitrogens with zero attached hydrogens (tertiary/aromatic N) is 1. The Morgan fingerprint density at radius 3 is 2.22 bits per heavy atom. The lowest BCUT2D eigenvalue weighted by Crippen LogP contribution is -2.15. The lowest BCUT2D eigenvalue weighted by Gasteiger charge is -2.24. The summed E-state index contributed by atoms with van der Waals surface area (Å²) in [6.45, 7) is 0. The number of anilines is 1. The van der Waals surface area contributed by atoms with Crippen LogP contribution in [-0.2, 0) is 9.09 Å².